The third-order valence-electron chi connectivity index (χ3n) is 6.19. The summed E-state index contributed by atoms with van der Waals surface area (Å²) in [6.07, 6.45) is 0. The van der Waals surface area contributed by atoms with Crippen LogP contribution in [0.25, 0.3) is 10.8 Å². The van der Waals surface area contributed by atoms with Crippen molar-refractivity contribution < 1.29 is 14.1 Å². The molecule has 0 bridgehead atoms. The Morgan fingerprint density at radius 1 is 1.10 bits per heavy atom. The van der Waals surface area contributed by atoms with E-state index in [0.717, 1.165) is 71.8 Å². The summed E-state index contributed by atoms with van der Waals surface area (Å²) in [5.74, 6) is 1.76. The van der Waals surface area contributed by atoms with E-state index in [2.05, 4.69) is 28.3 Å². The van der Waals surface area contributed by atoms with Crippen LogP contribution >= 0.6 is 0 Å². The molecule has 4 rings (SSSR count). The van der Waals surface area contributed by atoms with Gasteiger partial charge in [-0.3, -0.25) is 9.69 Å². The standard InChI is InChI=1S/C24H29N3O3/c1-16(19-5-6-21-14-22(29-4)8-7-20(21)13-19)24(28)27-11-9-26(10-12-27)15-23-17(2)25-30-18(23)3/h5-8,13-14,16H,9-12,15H2,1-4H3/t16-/m0/s1. The summed E-state index contributed by atoms with van der Waals surface area (Å²) in [4.78, 5) is 17.5. The lowest BCUT2D eigenvalue weighted by molar-refractivity contribution is -0.134. The van der Waals surface area contributed by atoms with Gasteiger partial charge in [-0.1, -0.05) is 29.4 Å². The van der Waals surface area contributed by atoms with Crippen molar-refractivity contribution in [3.8, 4) is 5.75 Å². The molecule has 0 radical (unpaired) electrons. The van der Waals surface area contributed by atoms with Crippen molar-refractivity contribution in [1.82, 2.24) is 15.0 Å². The lowest BCUT2D eigenvalue weighted by atomic mass is 9.96. The van der Waals surface area contributed by atoms with Crippen LogP contribution in [-0.4, -0.2) is 54.2 Å². The summed E-state index contributed by atoms with van der Waals surface area (Å²) in [5.41, 5.74) is 3.17. The van der Waals surface area contributed by atoms with Crippen molar-refractivity contribution in [2.24, 2.45) is 0 Å². The molecule has 2 heterocycles. The summed E-state index contributed by atoms with van der Waals surface area (Å²) >= 11 is 0. The van der Waals surface area contributed by atoms with Gasteiger partial charge < -0.3 is 14.2 Å². The van der Waals surface area contributed by atoms with E-state index in [-0.39, 0.29) is 11.8 Å². The Hall–Kier alpha value is -2.86. The van der Waals surface area contributed by atoms with Gasteiger partial charge >= 0.3 is 0 Å². The van der Waals surface area contributed by atoms with E-state index in [1.54, 1.807) is 7.11 Å². The molecule has 0 saturated carbocycles. The minimum absolute atomic E-state index is 0.161. The van der Waals surface area contributed by atoms with Gasteiger partial charge in [-0.2, -0.15) is 0 Å². The Bertz CT molecular complexity index is 1030. The first-order valence-electron chi connectivity index (χ1n) is 10.5. The highest BCUT2D eigenvalue weighted by Crippen LogP contribution is 2.26. The molecule has 1 aliphatic heterocycles. The quantitative estimate of drug-likeness (QED) is 0.642. The Kier molecular flexibility index (Phi) is 5.77. The van der Waals surface area contributed by atoms with E-state index < -0.39 is 0 Å². The maximum atomic E-state index is 13.1. The van der Waals surface area contributed by atoms with Crippen LogP contribution in [0.2, 0.25) is 0 Å². The number of carbonyl (C=O) groups excluding carboxylic acids is 1. The maximum Gasteiger partial charge on any atom is 0.229 e. The molecule has 30 heavy (non-hydrogen) atoms. The molecule has 0 unspecified atom stereocenters. The fourth-order valence-corrected chi connectivity index (χ4v) is 4.13. The fraction of sp³-hybridized carbons (Fsp3) is 0.417. The average Bonchev–Trinajstić information content (AvgIpc) is 3.10. The van der Waals surface area contributed by atoms with Crippen LogP contribution in [-0.2, 0) is 11.3 Å². The molecule has 6 heteroatoms. The van der Waals surface area contributed by atoms with E-state index >= 15 is 0 Å². The van der Waals surface area contributed by atoms with E-state index in [4.69, 9.17) is 9.26 Å². The van der Waals surface area contributed by atoms with E-state index in [1.165, 1.54) is 0 Å². The number of aromatic nitrogens is 1. The Morgan fingerprint density at radius 3 is 2.47 bits per heavy atom. The van der Waals surface area contributed by atoms with Crippen molar-refractivity contribution >= 4 is 16.7 Å². The highest BCUT2D eigenvalue weighted by molar-refractivity contribution is 5.88. The smallest absolute Gasteiger partial charge is 0.229 e. The zero-order valence-electron chi connectivity index (χ0n) is 18.1. The number of aryl methyl sites for hydroxylation is 2. The summed E-state index contributed by atoms with van der Waals surface area (Å²) in [7, 11) is 1.67. The van der Waals surface area contributed by atoms with Crippen molar-refractivity contribution in [3.63, 3.8) is 0 Å². The molecular formula is C24H29N3O3. The van der Waals surface area contributed by atoms with Crippen LogP contribution in [0.1, 0.15) is 35.4 Å². The molecule has 1 aromatic heterocycles. The van der Waals surface area contributed by atoms with Gasteiger partial charge in [0.2, 0.25) is 5.91 Å². The SMILES string of the molecule is COc1ccc2cc([C@H](C)C(=O)N3CCN(Cc4c(C)noc4C)CC3)ccc2c1. The van der Waals surface area contributed by atoms with Crippen molar-refractivity contribution in [3.05, 3.63) is 59.0 Å². The topological polar surface area (TPSA) is 58.8 Å². The van der Waals surface area contributed by atoms with Crippen LogP contribution in [0.4, 0.5) is 0 Å². The molecule has 1 atom stereocenters. The molecule has 2 aromatic carbocycles. The fourth-order valence-electron chi connectivity index (χ4n) is 4.13. The van der Waals surface area contributed by atoms with Gasteiger partial charge in [-0.05, 0) is 49.2 Å². The van der Waals surface area contributed by atoms with Crippen LogP contribution in [0.15, 0.2) is 40.9 Å². The largest absolute Gasteiger partial charge is 0.497 e. The van der Waals surface area contributed by atoms with Crippen LogP contribution in [0.5, 0.6) is 5.75 Å². The van der Waals surface area contributed by atoms with Gasteiger partial charge in [0.25, 0.3) is 0 Å². The number of rotatable bonds is 5. The zero-order valence-corrected chi connectivity index (χ0v) is 18.1. The summed E-state index contributed by atoms with van der Waals surface area (Å²) in [6, 6.07) is 12.3. The Labute approximate surface area is 177 Å². The number of benzene rings is 2. The molecule has 0 N–H and O–H groups in total. The Balaban J connectivity index is 1.39. The predicted molar refractivity (Wildman–Crippen MR) is 117 cm³/mol. The minimum Gasteiger partial charge on any atom is -0.497 e. The molecule has 1 amide bonds. The number of ether oxygens (including phenoxy) is 1. The first-order chi connectivity index (χ1) is 14.5. The monoisotopic (exact) mass is 407 g/mol. The third kappa shape index (κ3) is 4.05. The van der Waals surface area contributed by atoms with Gasteiger partial charge in [0.15, 0.2) is 0 Å². The number of fused-ring (bicyclic) bond motifs is 1. The maximum absolute atomic E-state index is 13.1. The molecule has 1 fully saturated rings. The second kappa shape index (κ2) is 8.48. The molecule has 1 aliphatic rings. The molecular weight excluding hydrogens is 378 g/mol. The third-order valence-corrected chi connectivity index (χ3v) is 6.19. The first kappa shape index (κ1) is 20.4. The van der Waals surface area contributed by atoms with Gasteiger partial charge in [0.1, 0.15) is 11.5 Å². The van der Waals surface area contributed by atoms with E-state index in [0.29, 0.717) is 0 Å². The number of amides is 1. The van der Waals surface area contributed by atoms with Crippen LogP contribution < -0.4 is 4.74 Å². The van der Waals surface area contributed by atoms with Gasteiger partial charge in [-0.25, -0.2) is 0 Å². The molecule has 3 aromatic rings. The minimum atomic E-state index is -0.161. The zero-order chi connectivity index (χ0) is 21.3. The highest BCUT2D eigenvalue weighted by Gasteiger charge is 2.26. The van der Waals surface area contributed by atoms with Gasteiger partial charge in [0.05, 0.1) is 18.7 Å². The van der Waals surface area contributed by atoms with Crippen LogP contribution in [0.3, 0.4) is 0 Å². The molecule has 0 aliphatic carbocycles. The van der Waals surface area contributed by atoms with E-state index in [1.807, 2.05) is 43.9 Å². The summed E-state index contributed by atoms with van der Waals surface area (Å²) in [6.45, 7) is 9.98. The number of nitrogens with zero attached hydrogens (tertiary/aromatic N) is 3. The average molecular weight is 408 g/mol. The Morgan fingerprint density at radius 2 is 1.80 bits per heavy atom. The van der Waals surface area contributed by atoms with Gasteiger partial charge in [-0.15, -0.1) is 0 Å². The number of carbonyl (C=O) groups is 1. The van der Waals surface area contributed by atoms with Crippen molar-refractivity contribution in [2.45, 2.75) is 33.2 Å². The molecule has 6 nitrogen and oxygen atoms in total. The lowest BCUT2D eigenvalue weighted by Gasteiger charge is -2.36. The normalized spacial score (nSPS) is 16.1. The second-order valence-electron chi connectivity index (χ2n) is 8.10. The second-order valence-corrected chi connectivity index (χ2v) is 8.10. The van der Waals surface area contributed by atoms with Crippen molar-refractivity contribution in [1.29, 1.82) is 0 Å². The van der Waals surface area contributed by atoms with E-state index in [9.17, 15) is 4.79 Å². The number of hydrogen-bond donors (Lipinski definition) is 0. The number of hydrogen-bond acceptors (Lipinski definition) is 5. The van der Waals surface area contributed by atoms with Gasteiger partial charge in [0, 0.05) is 38.3 Å². The summed E-state index contributed by atoms with van der Waals surface area (Å²) < 4.78 is 10.6. The predicted octanol–water partition coefficient (Wildman–Crippen LogP) is 3.90. The first-order valence-corrected chi connectivity index (χ1v) is 10.5. The lowest BCUT2D eigenvalue weighted by Crippen LogP contribution is -2.49. The van der Waals surface area contributed by atoms with Crippen LogP contribution in [0, 0.1) is 13.8 Å². The van der Waals surface area contributed by atoms with Crippen molar-refractivity contribution in [2.75, 3.05) is 33.3 Å². The molecule has 158 valence electrons. The summed E-state index contributed by atoms with van der Waals surface area (Å²) in [5, 5.41) is 6.28. The molecule has 1 saturated heterocycles. The number of piperazine rings is 1. The highest BCUT2D eigenvalue weighted by atomic mass is 16.5. The molecule has 0 spiro atoms. The number of methoxy groups -OCH3 is 1.